The summed E-state index contributed by atoms with van der Waals surface area (Å²) < 4.78 is 10.9. The molecule has 36 heavy (non-hydrogen) atoms. The topological polar surface area (TPSA) is 73.0 Å². The molecule has 5 heteroatoms. The number of allylic oxidation sites excluding steroid dienone is 2. The average Bonchev–Trinajstić information content (AvgIpc) is 3.36. The molecule has 1 aliphatic heterocycles. The van der Waals surface area contributed by atoms with E-state index in [4.69, 9.17) is 9.47 Å². The highest BCUT2D eigenvalue weighted by Gasteiger charge is 2.66. The lowest BCUT2D eigenvalue weighted by molar-refractivity contribution is -0.153. The van der Waals surface area contributed by atoms with E-state index in [0.29, 0.717) is 24.0 Å². The third-order valence-corrected chi connectivity index (χ3v) is 12.3. The van der Waals surface area contributed by atoms with Crippen molar-refractivity contribution >= 4 is 17.5 Å². The molecule has 0 aromatic heterocycles. The molecule has 0 bridgehead atoms. The second-order valence-electron chi connectivity index (χ2n) is 14.5. The lowest BCUT2D eigenvalue weighted by Gasteiger charge is -2.63. The molecule has 5 aliphatic rings. The fourth-order valence-corrected chi connectivity index (χ4v) is 9.79. The Labute approximate surface area is 217 Å². The summed E-state index contributed by atoms with van der Waals surface area (Å²) in [6.07, 6.45) is 9.02. The van der Waals surface area contributed by atoms with E-state index in [0.717, 1.165) is 38.5 Å². The molecule has 0 unspecified atom stereocenters. The summed E-state index contributed by atoms with van der Waals surface area (Å²) >= 11 is 0. The smallest absolute Gasteiger partial charge is 0.309 e. The number of ether oxygens (including phenoxy) is 2. The van der Waals surface area contributed by atoms with Gasteiger partial charge in [-0.15, -0.1) is 0 Å². The monoisotopic (exact) mass is 498 g/mol. The van der Waals surface area contributed by atoms with Crippen molar-refractivity contribution in [2.75, 3.05) is 7.11 Å². The maximum absolute atomic E-state index is 13.1. The van der Waals surface area contributed by atoms with Crippen LogP contribution in [-0.4, -0.2) is 36.4 Å². The highest BCUT2D eigenvalue weighted by molar-refractivity contribution is 5.90. The highest BCUT2D eigenvalue weighted by atomic mass is 16.6. The molecule has 0 amide bonds. The summed E-state index contributed by atoms with van der Waals surface area (Å²) in [5.74, 6) is 0.746. The van der Waals surface area contributed by atoms with E-state index in [1.165, 1.54) is 7.11 Å². The third kappa shape index (κ3) is 3.39. The quantitative estimate of drug-likeness (QED) is 0.261. The first-order chi connectivity index (χ1) is 16.6. The van der Waals surface area contributed by atoms with E-state index in [-0.39, 0.29) is 45.8 Å². The van der Waals surface area contributed by atoms with Gasteiger partial charge in [-0.3, -0.25) is 14.4 Å². The largest absolute Gasteiger partial charge is 0.469 e. The molecule has 200 valence electrons. The van der Waals surface area contributed by atoms with E-state index in [1.54, 1.807) is 5.57 Å². The molecule has 4 fully saturated rings. The summed E-state index contributed by atoms with van der Waals surface area (Å²) in [5, 5.41) is 0. The summed E-state index contributed by atoms with van der Waals surface area (Å²) in [6, 6.07) is 0. The summed E-state index contributed by atoms with van der Waals surface area (Å²) in [6.45, 7) is 15.5. The van der Waals surface area contributed by atoms with Crippen molar-refractivity contribution in [1.82, 2.24) is 0 Å². The number of Topliss-reactive ketones (excluding diaryl/α,β-unsaturated/α-hetero) is 2. The zero-order valence-electron chi connectivity index (χ0n) is 23.7. The Morgan fingerprint density at radius 2 is 1.72 bits per heavy atom. The van der Waals surface area contributed by atoms with Gasteiger partial charge >= 0.3 is 5.97 Å². The number of ketones is 2. The van der Waals surface area contributed by atoms with Crippen molar-refractivity contribution in [2.24, 2.45) is 45.3 Å². The molecule has 5 rings (SSSR count). The van der Waals surface area contributed by atoms with Gasteiger partial charge in [-0.1, -0.05) is 46.3 Å². The van der Waals surface area contributed by atoms with E-state index in [1.807, 2.05) is 13.8 Å². The molecule has 5 nitrogen and oxygen atoms in total. The van der Waals surface area contributed by atoms with Crippen LogP contribution < -0.4 is 0 Å². The van der Waals surface area contributed by atoms with E-state index >= 15 is 0 Å². The van der Waals surface area contributed by atoms with Gasteiger partial charge in [0.2, 0.25) is 0 Å². The second kappa shape index (κ2) is 8.01. The molecule has 0 radical (unpaired) electrons. The number of rotatable bonds is 5. The molecule has 4 aliphatic carbocycles. The van der Waals surface area contributed by atoms with E-state index < -0.39 is 17.6 Å². The first kappa shape index (κ1) is 26.1. The average molecular weight is 499 g/mol. The molecule has 0 aromatic carbocycles. The Bertz CT molecular complexity index is 1020. The lowest BCUT2D eigenvalue weighted by Crippen LogP contribution is -2.57. The number of methoxy groups -OCH3 is 1. The zero-order chi connectivity index (χ0) is 26.5. The summed E-state index contributed by atoms with van der Waals surface area (Å²) in [7, 11) is 1.45. The lowest BCUT2D eigenvalue weighted by atomic mass is 9.41. The predicted octanol–water partition coefficient (Wildman–Crippen LogP) is 6.09. The standard InChI is InChI=1S/C31H46O5/c1-27(2)23-10-9-21-20(29(23,5)14-13-24(27)33)12-16-30(6)19(11-15-31(21,30)7)18(26(34)35-8)17-22(32)25-28(3,4)36-25/h9,18-20,23,25H,10-17H2,1-8H3/t18-,19+,20+,23+,25+,29-,30+,31-/m1/s1. The van der Waals surface area contributed by atoms with Gasteiger partial charge in [0.05, 0.1) is 18.6 Å². The predicted molar refractivity (Wildman–Crippen MR) is 138 cm³/mol. The van der Waals surface area contributed by atoms with E-state index in [2.05, 4.69) is 40.7 Å². The van der Waals surface area contributed by atoms with Crippen LogP contribution in [0.25, 0.3) is 0 Å². The maximum Gasteiger partial charge on any atom is 0.309 e. The molecule has 0 N–H and O–H groups in total. The number of hydrogen-bond acceptors (Lipinski definition) is 5. The Balaban J connectivity index is 1.47. The Morgan fingerprint density at radius 1 is 1.06 bits per heavy atom. The number of epoxide rings is 1. The van der Waals surface area contributed by atoms with Crippen LogP contribution in [0.15, 0.2) is 11.6 Å². The molecule has 1 heterocycles. The molecule has 1 saturated heterocycles. The van der Waals surface area contributed by atoms with Gasteiger partial charge in [0.15, 0.2) is 5.78 Å². The number of carbonyl (C=O) groups excluding carboxylic acids is 3. The second-order valence-corrected chi connectivity index (χ2v) is 14.5. The van der Waals surface area contributed by atoms with E-state index in [9.17, 15) is 14.4 Å². The van der Waals surface area contributed by atoms with Crippen LogP contribution in [0.4, 0.5) is 0 Å². The Morgan fingerprint density at radius 3 is 2.33 bits per heavy atom. The van der Waals surface area contributed by atoms with Crippen LogP contribution in [0.2, 0.25) is 0 Å². The van der Waals surface area contributed by atoms with Crippen LogP contribution in [0.3, 0.4) is 0 Å². The van der Waals surface area contributed by atoms with Crippen molar-refractivity contribution in [3.63, 3.8) is 0 Å². The number of hydrogen-bond donors (Lipinski definition) is 0. The van der Waals surface area contributed by atoms with Gasteiger partial charge in [0.25, 0.3) is 0 Å². The molecule has 0 spiro atoms. The van der Waals surface area contributed by atoms with Crippen LogP contribution in [0, 0.1) is 45.3 Å². The molecule has 8 atom stereocenters. The number of fused-ring (bicyclic) bond motifs is 5. The molecule has 0 aromatic rings. The SMILES string of the molecule is COC(=O)[C@H](CC(=O)[C@@H]1OC1(C)C)[C@@H]1CC[C@]2(C)C3=CC[C@H]4C(C)(C)C(=O)CC[C@]4(C)[C@H]3CC[C@@]12C. The van der Waals surface area contributed by atoms with Gasteiger partial charge in [-0.2, -0.15) is 0 Å². The molecular weight excluding hydrogens is 452 g/mol. The van der Waals surface area contributed by atoms with Crippen molar-refractivity contribution in [3.05, 3.63) is 11.6 Å². The normalized spacial score (nSPS) is 45.0. The first-order valence-electron chi connectivity index (χ1n) is 14.2. The summed E-state index contributed by atoms with van der Waals surface area (Å²) in [4.78, 5) is 39.1. The fraction of sp³-hybridized carbons (Fsp3) is 0.839. The minimum atomic E-state index is -0.426. The third-order valence-electron chi connectivity index (χ3n) is 12.3. The Hall–Kier alpha value is -1.49. The highest BCUT2D eigenvalue weighted by Crippen LogP contribution is 2.73. The first-order valence-corrected chi connectivity index (χ1v) is 14.2. The van der Waals surface area contributed by atoms with Gasteiger partial charge in [0, 0.05) is 18.3 Å². The zero-order valence-corrected chi connectivity index (χ0v) is 23.7. The van der Waals surface area contributed by atoms with Crippen molar-refractivity contribution in [1.29, 1.82) is 0 Å². The minimum Gasteiger partial charge on any atom is -0.469 e. The van der Waals surface area contributed by atoms with Crippen LogP contribution in [0.5, 0.6) is 0 Å². The Kier molecular flexibility index (Phi) is 5.81. The van der Waals surface area contributed by atoms with Crippen molar-refractivity contribution < 1.29 is 23.9 Å². The van der Waals surface area contributed by atoms with Crippen LogP contribution in [0.1, 0.15) is 99.8 Å². The van der Waals surface area contributed by atoms with Crippen molar-refractivity contribution in [3.8, 4) is 0 Å². The fourth-order valence-electron chi connectivity index (χ4n) is 9.79. The molecule has 3 saturated carbocycles. The van der Waals surface area contributed by atoms with Gasteiger partial charge in [0.1, 0.15) is 11.9 Å². The maximum atomic E-state index is 13.1. The van der Waals surface area contributed by atoms with Gasteiger partial charge in [-0.25, -0.2) is 0 Å². The van der Waals surface area contributed by atoms with Crippen LogP contribution in [-0.2, 0) is 23.9 Å². The molecular formula is C31H46O5. The van der Waals surface area contributed by atoms with Crippen LogP contribution >= 0.6 is 0 Å². The van der Waals surface area contributed by atoms with Gasteiger partial charge in [-0.05, 0) is 86.4 Å². The number of carbonyl (C=O) groups is 3. The summed E-state index contributed by atoms with van der Waals surface area (Å²) in [5.41, 5.74) is 0.935. The number of esters is 1. The minimum absolute atomic E-state index is 0.00909. The van der Waals surface area contributed by atoms with Crippen molar-refractivity contribution in [2.45, 2.75) is 112 Å². The van der Waals surface area contributed by atoms with Gasteiger partial charge < -0.3 is 9.47 Å².